The zero-order chi connectivity index (χ0) is 17.3. The largest absolute Gasteiger partial charge is 0.481 e. The highest BCUT2D eigenvalue weighted by atomic mass is 16.4. The first-order chi connectivity index (χ1) is 11.2. The Labute approximate surface area is 145 Å². The van der Waals surface area contributed by atoms with E-state index in [0.29, 0.717) is 29.6 Å². The van der Waals surface area contributed by atoms with Crippen LogP contribution in [0, 0.1) is 40.9 Å². The van der Waals surface area contributed by atoms with Gasteiger partial charge < -0.3 is 10.2 Å². The summed E-state index contributed by atoms with van der Waals surface area (Å²) in [5.41, 5.74) is 0.535. The molecule has 0 saturated heterocycles. The summed E-state index contributed by atoms with van der Waals surface area (Å²) in [6.45, 7) is 8.60. The SMILES string of the molecule is C=C1C[C@H]2[C@@H](CC[C@@H]3C[C@](C)(O)CC[C@@H]32)[C@@H]2CC[C@H](C(=O)O)[C@@]12C. The third-order valence-corrected chi connectivity index (χ3v) is 8.61. The summed E-state index contributed by atoms with van der Waals surface area (Å²) in [5.74, 6) is 2.38. The predicted molar refractivity (Wildman–Crippen MR) is 93.4 cm³/mol. The van der Waals surface area contributed by atoms with Gasteiger partial charge in [0.1, 0.15) is 0 Å². The molecule has 4 fully saturated rings. The van der Waals surface area contributed by atoms with E-state index in [-0.39, 0.29) is 11.3 Å². The van der Waals surface area contributed by atoms with Crippen LogP contribution in [0.4, 0.5) is 0 Å². The third kappa shape index (κ3) is 2.23. The number of allylic oxidation sites excluding steroid dienone is 1. The van der Waals surface area contributed by atoms with Gasteiger partial charge in [-0.3, -0.25) is 4.79 Å². The maximum Gasteiger partial charge on any atom is 0.307 e. The van der Waals surface area contributed by atoms with Crippen molar-refractivity contribution < 1.29 is 15.0 Å². The van der Waals surface area contributed by atoms with E-state index in [1.54, 1.807) is 0 Å². The maximum atomic E-state index is 11.8. The molecule has 3 nitrogen and oxygen atoms in total. The van der Waals surface area contributed by atoms with Crippen LogP contribution >= 0.6 is 0 Å². The molecule has 3 heteroatoms. The number of fused-ring (bicyclic) bond motifs is 5. The second-order valence-electron chi connectivity index (χ2n) is 9.73. The Kier molecular flexibility index (Phi) is 3.69. The minimum absolute atomic E-state index is 0.194. The molecule has 8 atom stereocenters. The number of carboxylic acids is 1. The molecule has 0 aliphatic heterocycles. The summed E-state index contributed by atoms with van der Waals surface area (Å²) < 4.78 is 0. The first kappa shape index (κ1) is 16.6. The topological polar surface area (TPSA) is 57.5 Å². The average molecular weight is 332 g/mol. The van der Waals surface area contributed by atoms with Gasteiger partial charge in [0.05, 0.1) is 11.5 Å². The van der Waals surface area contributed by atoms with Crippen LogP contribution in [0.3, 0.4) is 0 Å². The van der Waals surface area contributed by atoms with E-state index in [1.165, 1.54) is 18.4 Å². The van der Waals surface area contributed by atoms with E-state index in [1.807, 2.05) is 6.92 Å². The molecule has 4 aliphatic carbocycles. The van der Waals surface area contributed by atoms with Gasteiger partial charge in [-0.05, 0) is 87.9 Å². The summed E-state index contributed by atoms with van der Waals surface area (Å²) in [5, 5.41) is 20.2. The molecule has 0 unspecified atom stereocenters. The zero-order valence-electron chi connectivity index (χ0n) is 15.1. The number of carbonyl (C=O) groups is 1. The van der Waals surface area contributed by atoms with E-state index in [2.05, 4.69) is 13.5 Å². The molecule has 0 aromatic heterocycles. The molecule has 2 N–H and O–H groups in total. The van der Waals surface area contributed by atoms with E-state index in [9.17, 15) is 15.0 Å². The second-order valence-corrected chi connectivity index (χ2v) is 9.73. The van der Waals surface area contributed by atoms with E-state index >= 15 is 0 Å². The van der Waals surface area contributed by atoms with Crippen LogP contribution in [-0.4, -0.2) is 21.8 Å². The lowest BCUT2D eigenvalue weighted by molar-refractivity contribution is -0.147. The van der Waals surface area contributed by atoms with Crippen molar-refractivity contribution in [1.82, 2.24) is 0 Å². The number of carboxylic acid groups (broad SMARTS) is 1. The Balaban J connectivity index is 1.62. The van der Waals surface area contributed by atoms with Gasteiger partial charge in [0.25, 0.3) is 0 Å². The van der Waals surface area contributed by atoms with Crippen molar-refractivity contribution in [2.75, 3.05) is 0 Å². The minimum atomic E-state index is -0.623. The van der Waals surface area contributed by atoms with Crippen LogP contribution in [0.5, 0.6) is 0 Å². The standard InChI is InChI=1S/C21H32O3/c1-12-10-16-14-8-9-20(2,24)11-13(14)4-5-15(16)17-6-7-18(19(22)23)21(12,17)3/h13-18,24H,1,4-11H2,2-3H3,(H,22,23)/t13-,14+,15-,16-,17+,18-,20-,21+/m1/s1. The van der Waals surface area contributed by atoms with Crippen molar-refractivity contribution in [3.63, 3.8) is 0 Å². The lowest BCUT2D eigenvalue weighted by atomic mass is 9.48. The molecule has 0 aromatic carbocycles. The normalized spacial score (nSPS) is 53.9. The van der Waals surface area contributed by atoms with Crippen molar-refractivity contribution in [1.29, 1.82) is 0 Å². The minimum Gasteiger partial charge on any atom is -0.481 e. The fraction of sp³-hybridized carbons (Fsp3) is 0.857. The Bertz CT molecular complexity index is 565. The van der Waals surface area contributed by atoms with Crippen LogP contribution in [0.2, 0.25) is 0 Å². The third-order valence-electron chi connectivity index (χ3n) is 8.61. The predicted octanol–water partition coefficient (Wildman–Crippen LogP) is 4.26. The van der Waals surface area contributed by atoms with Gasteiger partial charge in [-0.25, -0.2) is 0 Å². The zero-order valence-corrected chi connectivity index (χ0v) is 15.1. The highest BCUT2D eigenvalue weighted by molar-refractivity contribution is 5.72. The van der Waals surface area contributed by atoms with E-state index in [4.69, 9.17) is 0 Å². The van der Waals surface area contributed by atoms with Crippen molar-refractivity contribution >= 4 is 5.97 Å². The number of hydrogen-bond donors (Lipinski definition) is 2. The van der Waals surface area contributed by atoms with Crippen LogP contribution in [0.1, 0.15) is 65.2 Å². The molecule has 0 spiro atoms. The summed E-state index contributed by atoms with van der Waals surface area (Å²) in [4.78, 5) is 11.8. The smallest absolute Gasteiger partial charge is 0.307 e. The van der Waals surface area contributed by atoms with Crippen LogP contribution in [-0.2, 0) is 4.79 Å². The molecular weight excluding hydrogens is 300 g/mol. The molecule has 0 radical (unpaired) electrons. The Morgan fingerprint density at radius 3 is 2.54 bits per heavy atom. The fourth-order valence-electron chi connectivity index (χ4n) is 7.41. The first-order valence-corrected chi connectivity index (χ1v) is 9.87. The molecule has 0 bridgehead atoms. The van der Waals surface area contributed by atoms with Crippen molar-refractivity contribution in [2.45, 2.75) is 70.8 Å². The summed E-state index contributed by atoms with van der Waals surface area (Å²) >= 11 is 0. The average Bonchev–Trinajstić information content (AvgIpc) is 2.85. The number of aliphatic carboxylic acids is 1. The molecule has 0 heterocycles. The summed E-state index contributed by atoms with van der Waals surface area (Å²) in [7, 11) is 0. The maximum absolute atomic E-state index is 11.8. The summed E-state index contributed by atoms with van der Waals surface area (Å²) in [6, 6.07) is 0. The second kappa shape index (κ2) is 5.33. The Hall–Kier alpha value is -0.830. The molecule has 134 valence electrons. The number of aliphatic hydroxyl groups is 1. The molecule has 0 aromatic rings. The summed E-state index contributed by atoms with van der Waals surface area (Å²) in [6.07, 6.45) is 8.35. The highest BCUT2D eigenvalue weighted by Gasteiger charge is 2.60. The molecular formula is C21H32O3. The monoisotopic (exact) mass is 332 g/mol. The lowest BCUT2D eigenvalue weighted by Gasteiger charge is -2.57. The fourth-order valence-corrected chi connectivity index (χ4v) is 7.41. The van der Waals surface area contributed by atoms with Gasteiger partial charge in [-0.1, -0.05) is 19.1 Å². The van der Waals surface area contributed by atoms with Crippen LogP contribution in [0.25, 0.3) is 0 Å². The first-order valence-electron chi connectivity index (χ1n) is 9.87. The molecule has 4 rings (SSSR count). The van der Waals surface area contributed by atoms with Crippen molar-refractivity contribution in [2.24, 2.45) is 40.9 Å². The van der Waals surface area contributed by atoms with Gasteiger partial charge in [0.15, 0.2) is 0 Å². The van der Waals surface area contributed by atoms with Gasteiger partial charge in [-0.15, -0.1) is 0 Å². The van der Waals surface area contributed by atoms with Gasteiger partial charge in [-0.2, -0.15) is 0 Å². The molecule has 4 saturated carbocycles. The Morgan fingerprint density at radius 1 is 1.08 bits per heavy atom. The Morgan fingerprint density at radius 2 is 1.83 bits per heavy atom. The van der Waals surface area contributed by atoms with E-state index in [0.717, 1.165) is 38.5 Å². The quantitative estimate of drug-likeness (QED) is 0.706. The van der Waals surface area contributed by atoms with Crippen LogP contribution < -0.4 is 0 Å². The van der Waals surface area contributed by atoms with Crippen molar-refractivity contribution in [3.05, 3.63) is 12.2 Å². The van der Waals surface area contributed by atoms with Gasteiger partial charge in [0, 0.05) is 5.41 Å². The lowest BCUT2D eigenvalue weighted by Crippen LogP contribution is -2.51. The number of rotatable bonds is 1. The van der Waals surface area contributed by atoms with Gasteiger partial charge >= 0.3 is 5.97 Å². The molecule has 4 aliphatic rings. The van der Waals surface area contributed by atoms with Gasteiger partial charge in [0.2, 0.25) is 0 Å². The molecule has 24 heavy (non-hydrogen) atoms. The van der Waals surface area contributed by atoms with Crippen molar-refractivity contribution in [3.8, 4) is 0 Å². The number of hydrogen-bond acceptors (Lipinski definition) is 2. The molecule has 0 amide bonds. The van der Waals surface area contributed by atoms with Crippen LogP contribution in [0.15, 0.2) is 12.2 Å². The highest BCUT2D eigenvalue weighted by Crippen LogP contribution is 2.66. The van der Waals surface area contributed by atoms with E-state index < -0.39 is 11.6 Å².